The predicted octanol–water partition coefficient (Wildman–Crippen LogP) is 2.41. The molecule has 0 fully saturated rings. The van der Waals surface area contributed by atoms with Crippen molar-refractivity contribution in [1.29, 1.82) is 0 Å². The topological polar surface area (TPSA) is 26.0 Å². The van der Waals surface area contributed by atoms with Gasteiger partial charge in [0.25, 0.3) is 0 Å². The van der Waals surface area contributed by atoms with Crippen LogP contribution in [0.4, 0.5) is 8.78 Å². The van der Waals surface area contributed by atoms with Gasteiger partial charge >= 0.3 is 0 Å². The maximum Gasteiger partial charge on any atom is 0.190 e. The molecule has 2 aromatic rings. The molecule has 0 spiro atoms. The molecule has 0 saturated carbocycles. The fourth-order valence-electron chi connectivity index (χ4n) is 1.03. The molecule has 0 N–H and O–H groups in total. The third-order valence-corrected chi connectivity index (χ3v) is 1.75. The van der Waals surface area contributed by atoms with E-state index in [0.717, 1.165) is 12.5 Å². The van der Waals surface area contributed by atoms with Crippen LogP contribution in [0, 0.1) is 18.6 Å². The standard InChI is InChI=1S/C8H5F2NO/c1-4-5(9)2-6-8(7(4)10)12-3-11-6/h2-3H,1H3. The number of oxazole rings is 1. The number of hydrogen-bond donors (Lipinski definition) is 0. The largest absolute Gasteiger partial charge is 0.440 e. The number of benzene rings is 1. The van der Waals surface area contributed by atoms with Crippen molar-refractivity contribution in [3.8, 4) is 0 Å². The first-order chi connectivity index (χ1) is 5.70. The Hall–Kier alpha value is -1.45. The van der Waals surface area contributed by atoms with E-state index in [4.69, 9.17) is 4.42 Å². The van der Waals surface area contributed by atoms with Gasteiger partial charge in [-0.3, -0.25) is 0 Å². The first-order valence-electron chi connectivity index (χ1n) is 3.38. The molecule has 1 heterocycles. The minimum atomic E-state index is -0.678. The Balaban J connectivity index is 2.94. The molecule has 1 aromatic carbocycles. The maximum atomic E-state index is 13.1. The Kier molecular flexibility index (Phi) is 1.36. The number of rotatable bonds is 0. The van der Waals surface area contributed by atoms with Crippen molar-refractivity contribution in [2.45, 2.75) is 6.92 Å². The molecule has 0 aliphatic carbocycles. The van der Waals surface area contributed by atoms with Gasteiger partial charge in [0, 0.05) is 11.6 Å². The van der Waals surface area contributed by atoms with E-state index in [1.165, 1.54) is 6.92 Å². The van der Waals surface area contributed by atoms with Gasteiger partial charge in [-0.25, -0.2) is 13.8 Å². The summed E-state index contributed by atoms with van der Waals surface area (Å²) in [7, 11) is 0. The Labute approximate surface area is 66.8 Å². The van der Waals surface area contributed by atoms with Crippen LogP contribution in [0.25, 0.3) is 11.1 Å². The van der Waals surface area contributed by atoms with Gasteiger partial charge in [0.1, 0.15) is 11.3 Å². The fourth-order valence-corrected chi connectivity index (χ4v) is 1.03. The zero-order valence-corrected chi connectivity index (χ0v) is 6.27. The molecule has 62 valence electrons. The minimum Gasteiger partial charge on any atom is -0.440 e. The molecule has 0 radical (unpaired) electrons. The quantitative estimate of drug-likeness (QED) is 0.605. The Morgan fingerprint density at radius 2 is 2.17 bits per heavy atom. The average molecular weight is 169 g/mol. The zero-order valence-electron chi connectivity index (χ0n) is 6.27. The Bertz CT molecular complexity index is 436. The van der Waals surface area contributed by atoms with Crippen LogP contribution in [0.1, 0.15) is 5.56 Å². The summed E-state index contributed by atoms with van der Waals surface area (Å²) in [5, 5.41) is 0. The number of halogens is 2. The van der Waals surface area contributed by atoms with E-state index in [-0.39, 0.29) is 16.7 Å². The van der Waals surface area contributed by atoms with E-state index in [2.05, 4.69) is 4.98 Å². The lowest BCUT2D eigenvalue weighted by Gasteiger charge is -1.96. The molecular formula is C8H5F2NO. The van der Waals surface area contributed by atoms with Crippen LogP contribution in [-0.4, -0.2) is 4.98 Å². The summed E-state index contributed by atoms with van der Waals surface area (Å²) in [6.45, 7) is 1.35. The van der Waals surface area contributed by atoms with Gasteiger partial charge < -0.3 is 4.42 Å². The summed E-state index contributed by atoms with van der Waals surface area (Å²) < 4.78 is 30.7. The molecule has 0 aliphatic heterocycles. The molecule has 0 aliphatic rings. The molecule has 0 atom stereocenters. The van der Waals surface area contributed by atoms with Crippen molar-refractivity contribution in [3.63, 3.8) is 0 Å². The van der Waals surface area contributed by atoms with Crippen molar-refractivity contribution >= 4 is 11.1 Å². The van der Waals surface area contributed by atoms with E-state index >= 15 is 0 Å². The first kappa shape index (κ1) is 7.21. The van der Waals surface area contributed by atoms with E-state index in [9.17, 15) is 8.78 Å². The molecule has 0 unspecified atom stereocenters. The third-order valence-electron chi connectivity index (χ3n) is 1.75. The Morgan fingerprint density at radius 1 is 1.42 bits per heavy atom. The van der Waals surface area contributed by atoms with E-state index < -0.39 is 11.6 Å². The summed E-state index contributed by atoms with van der Waals surface area (Å²) in [4.78, 5) is 3.63. The normalized spacial score (nSPS) is 10.9. The van der Waals surface area contributed by atoms with Crippen LogP contribution < -0.4 is 0 Å². The van der Waals surface area contributed by atoms with Gasteiger partial charge in [-0.1, -0.05) is 0 Å². The van der Waals surface area contributed by atoms with Crippen molar-refractivity contribution in [2.24, 2.45) is 0 Å². The number of nitrogens with zero attached hydrogens (tertiary/aromatic N) is 1. The molecule has 1 aromatic heterocycles. The average Bonchev–Trinajstić information content (AvgIpc) is 2.48. The highest BCUT2D eigenvalue weighted by atomic mass is 19.1. The molecule has 2 nitrogen and oxygen atoms in total. The van der Waals surface area contributed by atoms with Crippen molar-refractivity contribution in [3.05, 3.63) is 29.7 Å². The van der Waals surface area contributed by atoms with Crippen LogP contribution in [0.15, 0.2) is 16.9 Å². The summed E-state index contributed by atoms with van der Waals surface area (Å²) in [6, 6.07) is 1.15. The lowest BCUT2D eigenvalue weighted by Crippen LogP contribution is -1.88. The first-order valence-corrected chi connectivity index (χ1v) is 3.38. The third kappa shape index (κ3) is 0.809. The molecule has 12 heavy (non-hydrogen) atoms. The highest BCUT2D eigenvalue weighted by Crippen LogP contribution is 2.21. The molecule has 0 saturated heterocycles. The van der Waals surface area contributed by atoms with Crippen molar-refractivity contribution in [2.75, 3.05) is 0 Å². The van der Waals surface area contributed by atoms with Crippen molar-refractivity contribution < 1.29 is 13.2 Å². The van der Waals surface area contributed by atoms with Gasteiger partial charge in [0.2, 0.25) is 0 Å². The summed E-state index contributed by atoms with van der Waals surface area (Å²) in [6.07, 6.45) is 1.09. The molecule has 0 amide bonds. The van der Waals surface area contributed by atoms with Crippen LogP contribution in [0.3, 0.4) is 0 Å². The predicted molar refractivity (Wildman–Crippen MR) is 38.7 cm³/mol. The second-order valence-electron chi connectivity index (χ2n) is 2.50. The van der Waals surface area contributed by atoms with E-state index in [1.807, 2.05) is 0 Å². The second kappa shape index (κ2) is 2.27. The highest BCUT2D eigenvalue weighted by molar-refractivity contribution is 5.73. The number of aromatic nitrogens is 1. The van der Waals surface area contributed by atoms with E-state index in [0.29, 0.717) is 0 Å². The number of fused-ring (bicyclic) bond motifs is 1. The van der Waals surface area contributed by atoms with Gasteiger partial charge in [0.05, 0.1) is 0 Å². The minimum absolute atomic E-state index is 0.00824. The van der Waals surface area contributed by atoms with Crippen LogP contribution in [-0.2, 0) is 0 Å². The summed E-state index contributed by atoms with van der Waals surface area (Å²) >= 11 is 0. The number of hydrogen-bond acceptors (Lipinski definition) is 2. The van der Waals surface area contributed by atoms with Gasteiger partial charge in [-0.05, 0) is 6.92 Å². The smallest absolute Gasteiger partial charge is 0.190 e. The monoisotopic (exact) mass is 169 g/mol. The van der Waals surface area contributed by atoms with Crippen LogP contribution in [0.5, 0.6) is 0 Å². The molecular weight excluding hydrogens is 164 g/mol. The van der Waals surface area contributed by atoms with Gasteiger partial charge in [-0.15, -0.1) is 0 Å². The fraction of sp³-hybridized carbons (Fsp3) is 0.125. The van der Waals surface area contributed by atoms with Gasteiger partial charge in [-0.2, -0.15) is 0 Å². The zero-order chi connectivity index (χ0) is 8.72. The second-order valence-corrected chi connectivity index (χ2v) is 2.50. The van der Waals surface area contributed by atoms with E-state index in [1.54, 1.807) is 0 Å². The lowest BCUT2D eigenvalue weighted by atomic mass is 10.2. The summed E-state index contributed by atoms with van der Waals surface area (Å²) in [5.41, 5.74) is 0.170. The van der Waals surface area contributed by atoms with Crippen LogP contribution >= 0.6 is 0 Å². The van der Waals surface area contributed by atoms with Crippen LogP contribution in [0.2, 0.25) is 0 Å². The SMILES string of the molecule is Cc1c(F)cc2ncoc2c1F. The highest BCUT2D eigenvalue weighted by Gasteiger charge is 2.12. The molecule has 2 rings (SSSR count). The molecule has 0 bridgehead atoms. The molecule has 4 heteroatoms. The van der Waals surface area contributed by atoms with Gasteiger partial charge in [0.15, 0.2) is 17.8 Å². The van der Waals surface area contributed by atoms with Crippen molar-refractivity contribution in [1.82, 2.24) is 4.98 Å². The summed E-state index contributed by atoms with van der Waals surface area (Å²) in [5.74, 6) is -1.28. The Morgan fingerprint density at radius 3 is 2.92 bits per heavy atom. The lowest BCUT2D eigenvalue weighted by molar-refractivity contribution is 0.535. The maximum absolute atomic E-state index is 13.1.